The average molecular weight is 272 g/mol. The van der Waals surface area contributed by atoms with Crippen LogP contribution < -0.4 is 0 Å². The van der Waals surface area contributed by atoms with Crippen molar-refractivity contribution in [2.24, 2.45) is 11.8 Å². The van der Waals surface area contributed by atoms with Gasteiger partial charge in [-0.05, 0) is 24.3 Å². The summed E-state index contributed by atoms with van der Waals surface area (Å²) in [6, 6.07) is 0. The van der Waals surface area contributed by atoms with Gasteiger partial charge in [-0.15, -0.1) is 0 Å². The number of rotatable bonds is 4. The van der Waals surface area contributed by atoms with Crippen molar-refractivity contribution >= 4 is 5.78 Å². The Labute approximate surface area is 121 Å². The fraction of sp³-hybridized carbons (Fsp3) is 0.611. The van der Waals surface area contributed by atoms with Crippen LogP contribution in [0.4, 0.5) is 0 Å². The van der Waals surface area contributed by atoms with Gasteiger partial charge in [-0.1, -0.05) is 50.5 Å². The van der Waals surface area contributed by atoms with Crippen LogP contribution in [0.3, 0.4) is 0 Å². The fourth-order valence-corrected chi connectivity index (χ4v) is 3.70. The molecule has 3 rings (SSSR count). The number of ether oxygens (including phenoxy) is 1. The Balaban J connectivity index is 1.74. The summed E-state index contributed by atoms with van der Waals surface area (Å²) in [5, 5.41) is 0. The first-order chi connectivity index (χ1) is 9.79. The van der Waals surface area contributed by atoms with E-state index in [1.165, 1.54) is 31.3 Å². The van der Waals surface area contributed by atoms with Gasteiger partial charge in [-0.2, -0.15) is 0 Å². The first kappa shape index (κ1) is 13.8. The summed E-state index contributed by atoms with van der Waals surface area (Å²) in [5.74, 6) is 1.16. The predicted octanol–water partition coefficient (Wildman–Crippen LogP) is 3.98. The monoisotopic (exact) mass is 272 g/mol. The topological polar surface area (TPSA) is 26.3 Å². The molecule has 1 aliphatic heterocycles. The third kappa shape index (κ3) is 2.67. The standard InChI is InChI=1S/C18H24O2/c1-2-3-4-7-13-10-16(19)18-15-9-6-5-8-14(15)12-20-17(18)11-13/h5-6,8-9,13-14,17H,2-4,7,10-12H2,1H3. The van der Waals surface area contributed by atoms with E-state index < -0.39 is 0 Å². The van der Waals surface area contributed by atoms with E-state index in [1.807, 2.05) is 6.08 Å². The first-order valence-electron chi connectivity index (χ1n) is 8.03. The van der Waals surface area contributed by atoms with Crippen LogP contribution in [0.25, 0.3) is 0 Å². The molecule has 0 radical (unpaired) electrons. The molecule has 0 N–H and O–H groups in total. The number of carbonyl (C=O) groups excluding carboxylic acids is 1. The minimum atomic E-state index is 0.0604. The Bertz CT molecular complexity index is 470. The third-order valence-corrected chi connectivity index (χ3v) is 4.78. The third-order valence-electron chi connectivity index (χ3n) is 4.78. The van der Waals surface area contributed by atoms with Gasteiger partial charge >= 0.3 is 0 Å². The van der Waals surface area contributed by atoms with Crippen molar-refractivity contribution in [1.29, 1.82) is 0 Å². The van der Waals surface area contributed by atoms with Crippen LogP contribution in [0, 0.1) is 11.8 Å². The smallest absolute Gasteiger partial charge is 0.162 e. The predicted molar refractivity (Wildman–Crippen MR) is 80.4 cm³/mol. The molecule has 0 aromatic rings. The van der Waals surface area contributed by atoms with E-state index in [1.54, 1.807) is 0 Å². The highest BCUT2D eigenvalue weighted by Crippen LogP contribution is 2.39. The molecule has 0 amide bonds. The quantitative estimate of drug-likeness (QED) is 0.723. The van der Waals surface area contributed by atoms with Crippen LogP contribution in [0.5, 0.6) is 0 Å². The normalized spacial score (nSPS) is 32.2. The molecule has 3 unspecified atom stereocenters. The summed E-state index contributed by atoms with van der Waals surface area (Å²) in [6.07, 6.45) is 15.1. The maximum Gasteiger partial charge on any atom is 0.162 e. The second-order valence-electron chi connectivity index (χ2n) is 6.27. The van der Waals surface area contributed by atoms with E-state index in [0.717, 1.165) is 25.0 Å². The maximum absolute atomic E-state index is 12.5. The van der Waals surface area contributed by atoms with Crippen molar-refractivity contribution in [2.45, 2.75) is 51.6 Å². The number of Topliss-reactive ketones (excluding diaryl/α,β-unsaturated/α-hetero) is 1. The Morgan fingerprint density at radius 2 is 2.20 bits per heavy atom. The van der Waals surface area contributed by atoms with Gasteiger partial charge < -0.3 is 4.74 Å². The Morgan fingerprint density at radius 1 is 1.30 bits per heavy atom. The lowest BCUT2D eigenvalue weighted by Crippen LogP contribution is -2.38. The largest absolute Gasteiger partial charge is 0.372 e. The number of carbonyl (C=O) groups is 1. The lowest BCUT2D eigenvalue weighted by molar-refractivity contribution is -0.121. The summed E-state index contributed by atoms with van der Waals surface area (Å²) in [7, 11) is 0. The van der Waals surface area contributed by atoms with Gasteiger partial charge in [0.1, 0.15) is 0 Å². The second-order valence-corrected chi connectivity index (χ2v) is 6.27. The van der Waals surface area contributed by atoms with Gasteiger partial charge in [0, 0.05) is 17.9 Å². The van der Waals surface area contributed by atoms with E-state index in [0.29, 0.717) is 17.6 Å². The molecule has 0 aromatic carbocycles. The number of allylic oxidation sites excluding steroid dienone is 3. The van der Waals surface area contributed by atoms with Gasteiger partial charge in [0.15, 0.2) is 5.78 Å². The first-order valence-corrected chi connectivity index (χ1v) is 8.03. The van der Waals surface area contributed by atoms with Gasteiger partial charge in [0.25, 0.3) is 0 Å². The lowest BCUT2D eigenvalue weighted by atomic mass is 9.74. The SMILES string of the molecule is CCCCCC1CC(=O)C2=C3C=CC=CC3COC2C1. The Morgan fingerprint density at radius 3 is 3.05 bits per heavy atom. The van der Waals surface area contributed by atoms with Gasteiger partial charge in [-0.3, -0.25) is 4.79 Å². The zero-order valence-electron chi connectivity index (χ0n) is 12.3. The van der Waals surface area contributed by atoms with Crippen molar-refractivity contribution in [2.75, 3.05) is 6.61 Å². The average Bonchev–Trinajstić information content (AvgIpc) is 2.47. The number of hydrogen-bond acceptors (Lipinski definition) is 2. The molecule has 1 heterocycles. The molecular formula is C18H24O2. The molecular weight excluding hydrogens is 248 g/mol. The maximum atomic E-state index is 12.5. The molecule has 3 atom stereocenters. The lowest BCUT2D eigenvalue weighted by Gasteiger charge is -2.38. The Kier molecular flexibility index (Phi) is 4.21. The van der Waals surface area contributed by atoms with Crippen LogP contribution in [-0.2, 0) is 9.53 Å². The summed E-state index contributed by atoms with van der Waals surface area (Å²) >= 11 is 0. The van der Waals surface area contributed by atoms with Crippen molar-refractivity contribution in [1.82, 2.24) is 0 Å². The van der Waals surface area contributed by atoms with E-state index in [4.69, 9.17) is 4.74 Å². The van der Waals surface area contributed by atoms with Crippen LogP contribution in [-0.4, -0.2) is 18.5 Å². The van der Waals surface area contributed by atoms with Crippen molar-refractivity contribution < 1.29 is 9.53 Å². The number of hydrogen-bond donors (Lipinski definition) is 0. The van der Waals surface area contributed by atoms with Crippen LogP contribution in [0.2, 0.25) is 0 Å². The summed E-state index contributed by atoms with van der Waals surface area (Å²) < 4.78 is 5.99. The van der Waals surface area contributed by atoms with E-state index in [-0.39, 0.29) is 6.10 Å². The van der Waals surface area contributed by atoms with Crippen LogP contribution in [0.1, 0.15) is 45.4 Å². The molecule has 0 saturated heterocycles. The van der Waals surface area contributed by atoms with Gasteiger partial charge in [0.2, 0.25) is 0 Å². The molecule has 0 bridgehead atoms. The molecule has 2 aliphatic carbocycles. The van der Waals surface area contributed by atoms with Crippen molar-refractivity contribution in [3.63, 3.8) is 0 Å². The van der Waals surface area contributed by atoms with E-state index in [2.05, 4.69) is 25.2 Å². The van der Waals surface area contributed by atoms with Crippen LogP contribution in [0.15, 0.2) is 35.5 Å². The van der Waals surface area contributed by atoms with Crippen molar-refractivity contribution in [3.8, 4) is 0 Å². The van der Waals surface area contributed by atoms with E-state index in [9.17, 15) is 4.79 Å². The van der Waals surface area contributed by atoms with Crippen LogP contribution >= 0.6 is 0 Å². The summed E-state index contributed by atoms with van der Waals surface area (Å²) in [4.78, 5) is 12.5. The summed E-state index contributed by atoms with van der Waals surface area (Å²) in [5.41, 5.74) is 2.20. The highest BCUT2D eigenvalue weighted by Gasteiger charge is 2.38. The minimum absolute atomic E-state index is 0.0604. The molecule has 2 heteroatoms. The van der Waals surface area contributed by atoms with Crippen molar-refractivity contribution in [3.05, 3.63) is 35.5 Å². The zero-order valence-corrected chi connectivity index (χ0v) is 12.3. The molecule has 108 valence electrons. The second kappa shape index (κ2) is 6.09. The minimum Gasteiger partial charge on any atom is -0.372 e. The number of ketones is 1. The molecule has 1 saturated carbocycles. The molecule has 2 nitrogen and oxygen atoms in total. The highest BCUT2D eigenvalue weighted by atomic mass is 16.5. The molecule has 1 fully saturated rings. The van der Waals surface area contributed by atoms with Gasteiger partial charge in [-0.25, -0.2) is 0 Å². The van der Waals surface area contributed by atoms with Gasteiger partial charge in [0.05, 0.1) is 12.7 Å². The Hall–Kier alpha value is -1.15. The zero-order chi connectivity index (χ0) is 13.9. The molecule has 3 aliphatic rings. The number of fused-ring (bicyclic) bond motifs is 2. The molecule has 20 heavy (non-hydrogen) atoms. The summed E-state index contributed by atoms with van der Waals surface area (Å²) in [6.45, 7) is 2.96. The fourth-order valence-electron chi connectivity index (χ4n) is 3.70. The molecule has 0 aromatic heterocycles. The highest BCUT2D eigenvalue weighted by molar-refractivity contribution is 5.99. The van der Waals surface area contributed by atoms with E-state index >= 15 is 0 Å². The number of unbranched alkanes of at least 4 members (excludes halogenated alkanes) is 2. The molecule has 0 spiro atoms.